The lowest BCUT2D eigenvalue weighted by atomic mass is 10.2. The van der Waals surface area contributed by atoms with Gasteiger partial charge in [-0.15, -0.1) is 0 Å². The summed E-state index contributed by atoms with van der Waals surface area (Å²) in [6, 6.07) is 2.59. The summed E-state index contributed by atoms with van der Waals surface area (Å²) in [5, 5.41) is 9.85. The summed E-state index contributed by atoms with van der Waals surface area (Å²) in [5.41, 5.74) is 0.276. The first-order chi connectivity index (χ1) is 15.4. The van der Waals surface area contributed by atoms with Gasteiger partial charge in [0.25, 0.3) is 0 Å². The van der Waals surface area contributed by atoms with Crippen LogP contribution in [0.2, 0.25) is 0 Å². The number of hydrogen-bond acceptors (Lipinski definition) is 7. The van der Waals surface area contributed by atoms with Crippen LogP contribution in [-0.4, -0.2) is 75.7 Å². The molecular formula is C22H28F2N6O2. The maximum atomic E-state index is 14.9. The second kappa shape index (κ2) is 10.9. The van der Waals surface area contributed by atoms with Gasteiger partial charge in [-0.3, -0.25) is 9.79 Å². The second-order valence-corrected chi connectivity index (χ2v) is 7.48. The molecule has 0 aliphatic carbocycles. The summed E-state index contributed by atoms with van der Waals surface area (Å²) in [5.74, 6) is -1.03. The number of amides is 1. The fourth-order valence-electron chi connectivity index (χ4n) is 3.81. The summed E-state index contributed by atoms with van der Waals surface area (Å²) < 4.78 is 35.5. The molecule has 0 aromatic heterocycles. The van der Waals surface area contributed by atoms with Crippen molar-refractivity contribution in [3.63, 3.8) is 0 Å². The van der Waals surface area contributed by atoms with Crippen molar-refractivity contribution >= 4 is 29.7 Å². The van der Waals surface area contributed by atoms with E-state index in [1.807, 2.05) is 7.05 Å². The standard InChI is InChI=1S/C22H28F2N6O2/c1-16-30(15-18(32-16)14-26-2)17-12-19(23)22(20(24)13-17)29-10-8-28(9-11-29)21(31)4-3-6-27-7-5-25/h3,5-7,12-13,18,25-26H,1,4,8-11,14-15H2,2H3/b6-3+,25-5?,27-7?. The number of piperazine rings is 1. The van der Waals surface area contributed by atoms with Gasteiger partial charge >= 0.3 is 0 Å². The van der Waals surface area contributed by atoms with Crippen LogP contribution in [0.25, 0.3) is 0 Å². The number of nitrogens with zero attached hydrogens (tertiary/aromatic N) is 4. The van der Waals surface area contributed by atoms with E-state index in [4.69, 9.17) is 10.1 Å². The molecule has 10 heteroatoms. The largest absolute Gasteiger partial charge is 0.473 e. The van der Waals surface area contributed by atoms with Gasteiger partial charge in [-0.2, -0.15) is 0 Å². The average Bonchev–Trinajstić information content (AvgIpc) is 3.14. The minimum Gasteiger partial charge on any atom is -0.473 e. The lowest BCUT2D eigenvalue weighted by Crippen LogP contribution is -2.49. The van der Waals surface area contributed by atoms with Gasteiger partial charge < -0.3 is 30.2 Å². The van der Waals surface area contributed by atoms with Gasteiger partial charge in [-0.25, -0.2) is 8.78 Å². The van der Waals surface area contributed by atoms with E-state index in [9.17, 15) is 13.6 Å². The van der Waals surface area contributed by atoms with Gasteiger partial charge in [-0.05, 0) is 25.8 Å². The van der Waals surface area contributed by atoms with Crippen LogP contribution in [-0.2, 0) is 9.53 Å². The average molecular weight is 447 g/mol. The third-order valence-electron chi connectivity index (χ3n) is 5.33. The van der Waals surface area contributed by atoms with Crippen LogP contribution in [0.4, 0.5) is 20.2 Å². The van der Waals surface area contributed by atoms with Gasteiger partial charge in [0.05, 0.1) is 6.54 Å². The van der Waals surface area contributed by atoms with Crippen LogP contribution in [0.15, 0.2) is 41.9 Å². The molecule has 2 aliphatic rings. The maximum absolute atomic E-state index is 14.9. The Morgan fingerprint density at radius 2 is 2.00 bits per heavy atom. The van der Waals surface area contributed by atoms with Gasteiger partial charge in [0, 0.05) is 63.5 Å². The van der Waals surface area contributed by atoms with E-state index in [2.05, 4.69) is 16.9 Å². The molecule has 0 spiro atoms. The lowest BCUT2D eigenvalue weighted by molar-refractivity contribution is -0.130. The first kappa shape index (κ1) is 23.4. The van der Waals surface area contributed by atoms with Gasteiger partial charge in [-0.1, -0.05) is 6.08 Å². The lowest BCUT2D eigenvalue weighted by Gasteiger charge is -2.36. The Balaban J connectivity index is 1.62. The van der Waals surface area contributed by atoms with Crippen molar-refractivity contribution in [3.8, 4) is 0 Å². The summed E-state index contributed by atoms with van der Waals surface area (Å²) in [7, 11) is 1.81. The molecule has 3 rings (SSSR count). The third kappa shape index (κ3) is 5.50. The van der Waals surface area contributed by atoms with E-state index in [0.717, 1.165) is 6.21 Å². The Morgan fingerprint density at radius 1 is 1.31 bits per heavy atom. The van der Waals surface area contributed by atoms with Crippen molar-refractivity contribution in [1.29, 1.82) is 5.41 Å². The fourth-order valence-corrected chi connectivity index (χ4v) is 3.81. The minimum atomic E-state index is -0.656. The zero-order chi connectivity index (χ0) is 23.1. The maximum Gasteiger partial charge on any atom is 0.226 e. The molecule has 2 saturated heterocycles. The highest BCUT2D eigenvalue weighted by atomic mass is 19.1. The van der Waals surface area contributed by atoms with Crippen LogP contribution in [0.3, 0.4) is 0 Å². The number of benzene rings is 1. The fraction of sp³-hybridized carbons (Fsp3) is 0.409. The highest BCUT2D eigenvalue weighted by molar-refractivity contribution is 6.14. The Bertz CT molecular complexity index is 889. The monoisotopic (exact) mass is 446 g/mol. The van der Waals surface area contributed by atoms with E-state index in [0.29, 0.717) is 50.8 Å². The molecule has 1 aromatic rings. The number of rotatable bonds is 8. The molecule has 0 radical (unpaired) electrons. The SMILES string of the molecule is C=C1OC(CNC)CN1c1cc(F)c(N2CCN(C(=O)C/C=C/N=CC=N)CC2)c(F)c1. The predicted molar refractivity (Wildman–Crippen MR) is 121 cm³/mol. The van der Waals surface area contributed by atoms with Crippen LogP contribution in [0.5, 0.6) is 0 Å². The molecule has 0 bridgehead atoms. The number of carbonyl (C=O) groups excluding carboxylic acids is 1. The molecule has 2 aliphatic heterocycles. The van der Waals surface area contributed by atoms with E-state index in [-0.39, 0.29) is 24.1 Å². The number of anilines is 2. The second-order valence-electron chi connectivity index (χ2n) is 7.48. The topological polar surface area (TPSA) is 84.3 Å². The summed E-state index contributed by atoms with van der Waals surface area (Å²) in [6.07, 6.45) is 5.48. The third-order valence-corrected chi connectivity index (χ3v) is 5.33. The molecular weight excluding hydrogens is 418 g/mol. The molecule has 172 valence electrons. The van der Waals surface area contributed by atoms with Crippen molar-refractivity contribution in [2.75, 3.05) is 56.1 Å². The van der Waals surface area contributed by atoms with Crippen molar-refractivity contribution in [2.45, 2.75) is 12.5 Å². The molecule has 2 N–H and O–H groups in total. The molecule has 0 saturated carbocycles. The number of hydrogen-bond donors (Lipinski definition) is 2. The number of aliphatic imine (C=N–C) groups is 1. The first-order valence-electron chi connectivity index (χ1n) is 10.4. The molecule has 8 nitrogen and oxygen atoms in total. The Labute approximate surface area is 186 Å². The molecule has 1 atom stereocenters. The van der Waals surface area contributed by atoms with Crippen LogP contribution < -0.4 is 15.1 Å². The number of likely N-dealkylation sites (N-methyl/N-ethyl adjacent to an activating group) is 1. The Morgan fingerprint density at radius 3 is 2.62 bits per heavy atom. The van der Waals surface area contributed by atoms with Gasteiger partial charge in [0.15, 0.2) is 17.5 Å². The normalized spacial score (nSPS) is 19.3. The molecule has 2 heterocycles. The molecule has 1 amide bonds. The number of nitrogens with one attached hydrogen (secondary N) is 2. The van der Waals surface area contributed by atoms with E-state index in [1.54, 1.807) is 20.8 Å². The van der Waals surface area contributed by atoms with Crippen molar-refractivity contribution in [1.82, 2.24) is 10.2 Å². The van der Waals surface area contributed by atoms with Gasteiger partial charge in [0.2, 0.25) is 5.91 Å². The molecule has 2 fully saturated rings. The predicted octanol–water partition coefficient (Wildman–Crippen LogP) is 2.13. The summed E-state index contributed by atoms with van der Waals surface area (Å²) >= 11 is 0. The zero-order valence-corrected chi connectivity index (χ0v) is 18.1. The van der Waals surface area contributed by atoms with Gasteiger partial charge in [0.1, 0.15) is 11.8 Å². The van der Waals surface area contributed by atoms with Crippen molar-refractivity contribution < 1.29 is 18.3 Å². The number of ether oxygens (including phenoxy) is 1. The van der Waals surface area contributed by atoms with E-state index in [1.165, 1.54) is 24.5 Å². The van der Waals surface area contributed by atoms with Crippen LogP contribution in [0.1, 0.15) is 6.42 Å². The number of halogens is 2. The minimum absolute atomic E-state index is 0.0779. The Hall–Kier alpha value is -3.27. The van der Waals surface area contributed by atoms with Crippen molar-refractivity contribution in [3.05, 3.63) is 48.5 Å². The van der Waals surface area contributed by atoms with E-state index >= 15 is 0 Å². The summed E-state index contributed by atoms with van der Waals surface area (Å²) in [4.78, 5) is 21.0. The van der Waals surface area contributed by atoms with Crippen LogP contribution >= 0.6 is 0 Å². The first-order valence-corrected chi connectivity index (χ1v) is 10.4. The highest BCUT2D eigenvalue weighted by Gasteiger charge is 2.30. The van der Waals surface area contributed by atoms with Crippen LogP contribution in [0, 0.1) is 17.0 Å². The smallest absolute Gasteiger partial charge is 0.226 e. The quantitative estimate of drug-likeness (QED) is 0.598. The summed E-state index contributed by atoms with van der Waals surface area (Å²) in [6.45, 7) is 6.31. The molecule has 1 unspecified atom stereocenters. The molecule has 32 heavy (non-hydrogen) atoms. The Kier molecular flexibility index (Phi) is 7.93. The zero-order valence-electron chi connectivity index (χ0n) is 18.1. The number of carbonyl (C=O) groups is 1. The highest BCUT2D eigenvalue weighted by Crippen LogP contribution is 2.33. The van der Waals surface area contributed by atoms with Crippen molar-refractivity contribution in [2.24, 2.45) is 4.99 Å². The molecule has 1 aromatic carbocycles. The van der Waals surface area contributed by atoms with E-state index < -0.39 is 11.6 Å².